The van der Waals surface area contributed by atoms with E-state index in [1.165, 1.54) is 0 Å². The van der Waals surface area contributed by atoms with Gasteiger partial charge in [-0.1, -0.05) is 23.7 Å². The van der Waals surface area contributed by atoms with Crippen LogP contribution in [0.15, 0.2) is 24.3 Å². The number of likely N-dealkylation sites (N-methyl/N-ethyl adjacent to an activating group) is 1. The first-order valence-electron chi connectivity index (χ1n) is 6.19. The molecule has 2 rings (SSSR count). The van der Waals surface area contributed by atoms with Gasteiger partial charge in [-0.2, -0.15) is 0 Å². The topological polar surface area (TPSA) is 29.5 Å². The Labute approximate surface area is 113 Å². The van der Waals surface area contributed by atoms with Crippen molar-refractivity contribution in [2.24, 2.45) is 0 Å². The summed E-state index contributed by atoms with van der Waals surface area (Å²) in [6.07, 6.45) is 1.17. The molecule has 1 heterocycles. The Morgan fingerprint density at radius 2 is 2.22 bits per heavy atom. The second-order valence-corrected chi connectivity index (χ2v) is 5.16. The summed E-state index contributed by atoms with van der Waals surface area (Å²) in [5.41, 5.74) is 0.595. The van der Waals surface area contributed by atoms with Crippen LogP contribution in [0.5, 0.6) is 0 Å². The van der Waals surface area contributed by atoms with Crippen molar-refractivity contribution in [3.05, 3.63) is 34.9 Å². The molecule has 1 aliphatic heterocycles. The maximum Gasteiger partial charge on any atom is 0.178 e. The van der Waals surface area contributed by atoms with E-state index in [1.807, 2.05) is 26.1 Å². The van der Waals surface area contributed by atoms with Crippen molar-refractivity contribution in [2.45, 2.75) is 25.5 Å². The maximum atomic E-state index is 12.2. The minimum atomic E-state index is 0.0576. The molecule has 0 amide bonds. The number of hydrogen-bond donors (Lipinski definition) is 0. The summed E-state index contributed by atoms with van der Waals surface area (Å²) >= 11 is 6.03. The number of hydrogen-bond acceptors (Lipinski definition) is 3. The van der Waals surface area contributed by atoms with E-state index in [0.29, 0.717) is 23.2 Å². The van der Waals surface area contributed by atoms with Crippen LogP contribution in [0.3, 0.4) is 0 Å². The quantitative estimate of drug-likeness (QED) is 0.786. The summed E-state index contributed by atoms with van der Waals surface area (Å²) in [5, 5.41) is 0.520. The lowest BCUT2D eigenvalue weighted by atomic mass is 10.1. The highest BCUT2D eigenvalue weighted by Crippen LogP contribution is 2.20. The molecule has 2 unspecified atom stereocenters. The zero-order valence-electron chi connectivity index (χ0n) is 10.7. The summed E-state index contributed by atoms with van der Waals surface area (Å²) in [6, 6.07) is 7.50. The van der Waals surface area contributed by atoms with Crippen molar-refractivity contribution in [2.75, 3.05) is 20.2 Å². The van der Waals surface area contributed by atoms with Gasteiger partial charge in [-0.05, 0) is 32.5 Å². The largest absolute Gasteiger partial charge is 0.377 e. The summed E-state index contributed by atoms with van der Waals surface area (Å²) in [7, 11) is 1.96. The fourth-order valence-electron chi connectivity index (χ4n) is 2.42. The van der Waals surface area contributed by atoms with Crippen LogP contribution in [-0.2, 0) is 4.74 Å². The number of Topliss-reactive ketones (excluding diaryl/α,β-unsaturated/α-hetero) is 1. The molecule has 1 fully saturated rings. The van der Waals surface area contributed by atoms with Crippen molar-refractivity contribution in [3.8, 4) is 0 Å². The molecule has 1 saturated heterocycles. The van der Waals surface area contributed by atoms with E-state index in [9.17, 15) is 4.79 Å². The second kappa shape index (κ2) is 5.83. The Bertz CT molecular complexity index is 436. The first kappa shape index (κ1) is 13.5. The van der Waals surface area contributed by atoms with Crippen LogP contribution in [0.2, 0.25) is 5.02 Å². The Hall–Kier alpha value is -0.900. The Morgan fingerprint density at radius 3 is 2.83 bits per heavy atom. The van der Waals surface area contributed by atoms with Crippen molar-refractivity contribution >= 4 is 17.4 Å². The van der Waals surface area contributed by atoms with Gasteiger partial charge in [0, 0.05) is 18.2 Å². The van der Waals surface area contributed by atoms with E-state index in [1.54, 1.807) is 12.1 Å². The lowest BCUT2D eigenvalue weighted by molar-refractivity contribution is 0.0746. The Balaban J connectivity index is 2.01. The number of carbonyl (C=O) groups excluding carboxylic acids is 1. The van der Waals surface area contributed by atoms with E-state index in [2.05, 4.69) is 4.90 Å². The van der Waals surface area contributed by atoms with E-state index < -0.39 is 0 Å². The molecule has 0 aromatic heterocycles. The summed E-state index contributed by atoms with van der Waals surface area (Å²) < 4.78 is 5.52. The van der Waals surface area contributed by atoms with Crippen LogP contribution in [0.4, 0.5) is 0 Å². The lowest BCUT2D eigenvalue weighted by Crippen LogP contribution is -2.39. The van der Waals surface area contributed by atoms with Gasteiger partial charge in [0.1, 0.15) is 0 Å². The third-order valence-electron chi connectivity index (χ3n) is 3.47. The molecule has 0 saturated carbocycles. The van der Waals surface area contributed by atoms with E-state index in [4.69, 9.17) is 16.3 Å². The van der Waals surface area contributed by atoms with Gasteiger partial charge in [0.15, 0.2) is 5.78 Å². The summed E-state index contributed by atoms with van der Waals surface area (Å²) in [4.78, 5) is 14.2. The number of benzene rings is 1. The third-order valence-corrected chi connectivity index (χ3v) is 3.80. The molecule has 0 bridgehead atoms. The fourth-order valence-corrected chi connectivity index (χ4v) is 2.66. The fraction of sp³-hybridized carbons (Fsp3) is 0.500. The molecule has 4 heteroatoms. The number of ether oxygens (including phenoxy) is 1. The summed E-state index contributed by atoms with van der Waals surface area (Å²) in [6.45, 7) is 3.20. The molecule has 18 heavy (non-hydrogen) atoms. The first-order chi connectivity index (χ1) is 8.59. The molecule has 3 nitrogen and oxygen atoms in total. The number of nitrogens with zero attached hydrogens (tertiary/aromatic N) is 1. The lowest BCUT2D eigenvalue weighted by Gasteiger charge is -2.25. The van der Waals surface area contributed by atoms with Gasteiger partial charge < -0.3 is 4.74 Å². The Morgan fingerprint density at radius 1 is 1.50 bits per heavy atom. The third kappa shape index (κ3) is 2.91. The first-order valence-corrected chi connectivity index (χ1v) is 6.57. The van der Waals surface area contributed by atoms with E-state index >= 15 is 0 Å². The number of halogens is 1. The highest BCUT2D eigenvalue weighted by Gasteiger charge is 2.29. The van der Waals surface area contributed by atoms with Gasteiger partial charge in [-0.15, -0.1) is 0 Å². The van der Waals surface area contributed by atoms with E-state index in [-0.39, 0.29) is 11.9 Å². The molecular formula is C14H18ClNO2. The van der Waals surface area contributed by atoms with Crippen LogP contribution >= 0.6 is 11.6 Å². The molecule has 0 aliphatic carbocycles. The minimum Gasteiger partial charge on any atom is -0.377 e. The van der Waals surface area contributed by atoms with Crippen LogP contribution in [0.25, 0.3) is 0 Å². The standard InChI is InChI=1S/C14H18ClNO2/c1-10-13(7-8-18-10)16(2)9-14(17)11-5-3-4-6-12(11)15/h3-6,10,13H,7-9H2,1-2H3. The van der Waals surface area contributed by atoms with Crippen LogP contribution < -0.4 is 0 Å². The smallest absolute Gasteiger partial charge is 0.178 e. The molecule has 2 atom stereocenters. The second-order valence-electron chi connectivity index (χ2n) is 4.75. The normalized spacial score (nSPS) is 23.6. The van der Waals surface area contributed by atoms with Crippen molar-refractivity contribution in [1.29, 1.82) is 0 Å². The molecule has 1 aromatic rings. The SMILES string of the molecule is CC1OCCC1N(C)CC(=O)c1ccccc1Cl. The van der Waals surface area contributed by atoms with Crippen molar-refractivity contribution < 1.29 is 9.53 Å². The van der Waals surface area contributed by atoms with Gasteiger partial charge in [-0.25, -0.2) is 0 Å². The molecule has 98 valence electrons. The minimum absolute atomic E-state index is 0.0576. The monoisotopic (exact) mass is 267 g/mol. The van der Waals surface area contributed by atoms with Crippen molar-refractivity contribution in [1.82, 2.24) is 4.90 Å². The number of ketones is 1. The van der Waals surface area contributed by atoms with Crippen LogP contribution in [0, 0.1) is 0 Å². The number of carbonyl (C=O) groups is 1. The molecule has 0 radical (unpaired) electrons. The zero-order chi connectivity index (χ0) is 13.1. The zero-order valence-corrected chi connectivity index (χ0v) is 11.5. The molecule has 0 N–H and O–H groups in total. The molecule has 0 spiro atoms. The van der Waals surface area contributed by atoms with Gasteiger partial charge in [-0.3, -0.25) is 9.69 Å². The highest BCUT2D eigenvalue weighted by atomic mass is 35.5. The van der Waals surface area contributed by atoms with Gasteiger partial charge >= 0.3 is 0 Å². The average Bonchev–Trinajstić information content (AvgIpc) is 2.76. The van der Waals surface area contributed by atoms with Crippen LogP contribution in [0.1, 0.15) is 23.7 Å². The van der Waals surface area contributed by atoms with Crippen LogP contribution in [-0.4, -0.2) is 43.0 Å². The predicted molar refractivity (Wildman–Crippen MR) is 72.2 cm³/mol. The van der Waals surface area contributed by atoms with Crippen molar-refractivity contribution in [3.63, 3.8) is 0 Å². The maximum absolute atomic E-state index is 12.2. The Kier molecular flexibility index (Phi) is 4.38. The van der Waals surface area contributed by atoms with Gasteiger partial charge in [0.05, 0.1) is 17.7 Å². The summed E-state index contributed by atoms with van der Waals surface area (Å²) in [5.74, 6) is 0.0576. The highest BCUT2D eigenvalue weighted by molar-refractivity contribution is 6.34. The predicted octanol–water partition coefficient (Wildman–Crippen LogP) is 2.63. The van der Waals surface area contributed by atoms with E-state index in [0.717, 1.165) is 13.0 Å². The number of rotatable bonds is 4. The van der Waals surface area contributed by atoms with Gasteiger partial charge in [0.2, 0.25) is 0 Å². The molecule has 1 aliphatic rings. The average molecular weight is 268 g/mol. The molecule has 1 aromatic carbocycles. The van der Waals surface area contributed by atoms with Gasteiger partial charge in [0.25, 0.3) is 0 Å². The molecular weight excluding hydrogens is 250 g/mol.